The highest BCUT2D eigenvalue weighted by Gasteiger charge is 2.21. The van der Waals surface area contributed by atoms with Crippen molar-refractivity contribution in [2.24, 2.45) is 0 Å². The quantitative estimate of drug-likeness (QED) is 0.418. The van der Waals surface area contributed by atoms with Gasteiger partial charge in [-0.1, -0.05) is 12.1 Å². The second-order valence-corrected chi connectivity index (χ2v) is 7.26. The minimum absolute atomic E-state index is 0.123. The van der Waals surface area contributed by atoms with Crippen molar-refractivity contribution in [1.82, 2.24) is 4.98 Å². The van der Waals surface area contributed by atoms with Gasteiger partial charge in [-0.3, -0.25) is 9.59 Å². The maximum atomic E-state index is 11.8. The number of carbonyl (C=O) groups excluding carboxylic acids is 2. The summed E-state index contributed by atoms with van der Waals surface area (Å²) in [4.78, 5) is 29.1. The van der Waals surface area contributed by atoms with Crippen molar-refractivity contribution in [3.05, 3.63) is 83.0 Å². The summed E-state index contributed by atoms with van der Waals surface area (Å²) in [5.74, 6) is 0.571. The Morgan fingerprint density at radius 2 is 1.59 bits per heavy atom. The molecule has 0 radical (unpaired) electrons. The first-order valence-corrected chi connectivity index (χ1v) is 10.0. The second-order valence-electron chi connectivity index (χ2n) is 7.26. The van der Waals surface area contributed by atoms with E-state index in [1.807, 2.05) is 24.3 Å². The van der Waals surface area contributed by atoms with Crippen molar-refractivity contribution in [3.63, 3.8) is 0 Å². The fraction of sp³-hybridized carbons (Fsp3) is 0.250. The van der Waals surface area contributed by atoms with Gasteiger partial charge in [0.2, 0.25) is 11.8 Å². The molecule has 8 nitrogen and oxygen atoms in total. The molecule has 1 atom stereocenters. The first kappa shape index (κ1) is 22.7. The lowest BCUT2D eigenvalue weighted by Crippen LogP contribution is -2.33. The molecule has 8 heteroatoms. The summed E-state index contributed by atoms with van der Waals surface area (Å²) in [7, 11) is 3.16. The van der Waals surface area contributed by atoms with E-state index in [0.29, 0.717) is 17.9 Å². The molecule has 0 spiro atoms. The number of carbonyl (C=O) groups is 2. The molecular formula is C24H25N3O5. The predicted molar refractivity (Wildman–Crippen MR) is 119 cm³/mol. The van der Waals surface area contributed by atoms with Gasteiger partial charge in [0, 0.05) is 38.1 Å². The number of methoxy groups -OCH3 is 2. The predicted octanol–water partition coefficient (Wildman–Crippen LogP) is 3.01. The Morgan fingerprint density at radius 3 is 2.12 bits per heavy atom. The van der Waals surface area contributed by atoms with E-state index in [9.17, 15) is 14.8 Å². The molecule has 166 valence electrons. The Bertz CT molecular complexity index is 1080. The van der Waals surface area contributed by atoms with Crippen LogP contribution in [0.1, 0.15) is 36.5 Å². The van der Waals surface area contributed by atoms with E-state index in [1.54, 1.807) is 38.6 Å². The lowest BCUT2D eigenvalue weighted by Gasteiger charge is -2.21. The largest absolute Gasteiger partial charge is 0.619 e. The first-order valence-electron chi connectivity index (χ1n) is 10.0. The number of aromatic nitrogens is 2. The summed E-state index contributed by atoms with van der Waals surface area (Å²) < 4.78 is 11.6. The Labute approximate surface area is 186 Å². The zero-order valence-corrected chi connectivity index (χ0v) is 18.4. The summed E-state index contributed by atoms with van der Waals surface area (Å²) in [6, 6.07) is 12.7. The van der Waals surface area contributed by atoms with Gasteiger partial charge < -0.3 is 14.7 Å². The van der Waals surface area contributed by atoms with Crippen LogP contribution >= 0.6 is 0 Å². The van der Waals surface area contributed by atoms with Gasteiger partial charge in [-0.05, 0) is 41.3 Å². The summed E-state index contributed by atoms with van der Waals surface area (Å²) >= 11 is 0. The van der Waals surface area contributed by atoms with E-state index < -0.39 is 11.8 Å². The highest BCUT2D eigenvalue weighted by atomic mass is 16.5. The van der Waals surface area contributed by atoms with Crippen molar-refractivity contribution in [3.8, 4) is 11.5 Å². The SMILES string of the molecule is COc1ccc(C(Cc2cc[n+]([O-])cc2)c2ccc(N(C(C)=O)C(C)=O)nc2)cc1OC. The summed E-state index contributed by atoms with van der Waals surface area (Å²) in [6.45, 7) is 2.64. The Hall–Kier alpha value is -3.94. The van der Waals surface area contributed by atoms with Crippen molar-refractivity contribution in [2.75, 3.05) is 19.1 Å². The molecular weight excluding hydrogens is 410 g/mol. The number of amides is 2. The average Bonchev–Trinajstić information content (AvgIpc) is 2.78. The highest BCUT2D eigenvalue weighted by Crippen LogP contribution is 2.35. The third-order valence-electron chi connectivity index (χ3n) is 5.15. The number of imide groups is 1. The number of hydrogen-bond donors (Lipinski definition) is 0. The fourth-order valence-corrected chi connectivity index (χ4v) is 3.59. The molecule has 2 heterocycles. The lowest BCUT2D eigenvalue weighted by molar-refractivity contribution is -0.605. The van der Waals surface area contributed by atoms with Crippen LogP contribution in [0.3, 0.4) is 0 Å². The molecule has 0 aliphatic carbocycles. The van der Waals surface area contributed by atoms with E-state index in [2.05, 4.69) is 4.98 Å². The molecule has 0 fully saturated rings. The van der Waals surface area contributed by atoms with E-state index in [1.165, 1.54) is 26.2 Å². The van der Waals surface area contributed by atoms with Gasteiger partial charge in [0.1, 0.15) is 5.82 Å². The number of ether oxygens (including phenoxy) is 2. The molecule has 3 aromatic rings. The third-order valence-corrected chi connectivity index (χ3v) is 5.15. The zero-order chi connectivity index (χ0) is 23.3. The number of benzene rings is 1. The van der Waals surface area contributed by atoms with Gasteiger partial charge in [0.05, 0.1) is 14.2 Å². The molecule has 1 unspecified atom stereocenters. The number of rotatable bonds is 7. The van der Waals surface area contributed by atoms with Crippen molar-refractivity contribution in [2.45, 2.75) is 26.2 Å². The van der Waals surface area contributed by atoms with Crippen LogP contribution in [0.25, 0.3) is 0 Å². The Morgan fingerprint density at radius 1 is 0.969 bits per heavy atom. The first-order chi connectivity index (χ1) is 15.3. The van der Waals surface area contributed by atoms with E-state index in [-0.39, 0.29) is 11.7 Å². The van der Waals surface area contributed by atoms with Gasteiger partial charge in [-0.2, -0.15) is 4.73 Å². The summed E-state index contributed by atoms with van der Waals surface area (Å²) in [6.07, 6.45) is 5.17. The van der Waals surface area contributed by atoms with Crippen LogP contribution in [0, 0.1) is 5.21 Å². The monoisotopic (exact) mass is 435 g/mol. The maximum absolute atomic E-state index is 11.8. The van der Waals surface area contributed by atoms with Gasteiger partial charge in [0.15, 0.2) is 23.9 Å². The normalized spacial score (nSPS) is 11.5. The van der Waals surface area contributed by atoms with Crippen LogP contribution in [0.2, 0.25) is 0 Å². The average molecular weight is 435 g/mol. The Kier molecular flexibility index (Phi) is 7.04. The lowest BCUT2D eigenvalue weighted by atomic mass is 9.86. The van der Waals surface area contributed by atoms with Gasteiger partial charge >= 0.3 is 0 Å². The minimum atomic E-state index is -0.399. The highest BCUT2D eigenvalue weighted by molar-refractivity contribution is 6.12. The van der Waals surface area contributed by atoms with Crippen molar-refractivity contribution in [1.29, 1.82) is 0 Å². The number of nitrogens with zero attached hydrogens (tertiary/aromatic N) is 3. The molecule has 2 amide bonds. The van der Waals surface area contributed by atoms with E-state index in [0.717, 1.165) is 26.3 Å². The van der Waals surface area contributed by atoms with Crippen LogP contribution in [-0.2, 0) is 16.0 Å². The number of anilines is 1. The van der Waals surface area contributed by atoms with Crippen LogP contribution in [0.15, 0.2) is 61.1 Å². The van der Waals surface area contributed by atoms with Gasteiger partial charge in [-0.15, -0.1) is 0 Å². The van der Waals surface area contributed by atoms with Gasteiger partial charge in [-0.25, -0.2) is 9.88 Å². The topological polar surface area (TPSA) is 95.7 Å². The fourth-order valence-electron chi connectivity index (χ4n) is 3.59. The molecule has 0 aliphatic rings. The number of pyridine rings is 2. The Balaban J connectivity index is 2.03. The van der Waals surface area contributed by atoms with E-state index in [4.69, 9.17) is 9.47 Å². The zero-order valence-electron chi connectivity index (χ0n) is 18.4. The molecule has 3 rings (SSSR count). The molecule has 32 heavy (non-hydrogen) atoms. The third kappa shape index (κ3) is 5.03. The standard InChI is InChI=1S/C24H25N3O5/c1-16(28)27(17(2)29)24-8-6-20(15-25-24)21(13-18-9-11-26(30)12-10-18)19-5-7-22(31-3)23(14-19)32-4/h5-12,14-15,21H,13H2,1-4H3. The van der Waals surface area contributed by atoms with Crippen molar-refractivity contribution >= 4 is 17.6 Å². The molecule has 0 saturated carbocycles. The van der Waals surface area contributed by atoms with Gasteiger partial charge in [0.25, 0.3) is 0 Å². The van der Waals surface area contributed by atoms with Crippen LogP contribution in [0.5, 0.6) is 11.5 Å². The van der Waals surface area contributed by atoms with E-state index >= 15 is 0 Å². The number of hydrogen-bond acceptors (Lipinski definition) is 6. The van der Waals surface area contributed by atoms with Crippen molar-refractivity contribution < 1.29 is 23.8 Å². The molecule has 0 bridgehead atoms. The molecule has 2 aromatic heterocycles. The molecule has 0 N–H and O–H groups in total. The summed E-state index contributed by atoms with van der Waals surface area (Å²) in [5, 5.41) is 11.4. The van der Waals surface area contributed by atoms with Crippen LogP contribution < -0.4 is 19.1 Å². The minimum Gasteiger partial charge on any atom is -0.619 e. The molecule has 1 aromatic carbocycles. The summed E-state index contributed by atoms with van der Waals surface area (Å²) in [5.41, 5.74) is 2.81. The molecule has 0 saturated heterocycles. The second kappa shape index (κ2) is 9.91. The molecule has 0 aliphatic heterocycles. The maximum Gasteiger partial charge on any atom is 0.231 e. The smallest absolute Gasteiger partial charge is 0.231 e. The van der Waals surface area contributed by atoms with Crippen LogP contribution in [0.4, 0.5) is 5.82 Å². The van der Waals surface area contributed by atoms with Crippen LogP contribution in [-0.4, -0.2) is 31.0 Å².